The summed E-state index contributed by atoms with van der Waals surface area (Å²) in [6.45, 7) is 0.670. The van der Waals surface area contributed by atoms with Crippen LogP contribution in [0.4, 0.5) is 13.2 Å². The topological polar surface area (TPSA) is 29.5 Å². The van der Waals surface area contributed by atoms with Gasteiger partial charge in [-0.25, -0.2) is 0 Å². The number of alkyl halides is 3. The van der Waals surface area contributed by atoms with Crippen molar-refractivity contribution in [1.82, 2.24) is 4.90 Å². The molecular weight excluding hydrogens is 235 g/mol. The van der Waals surface area contributed by atoms with E-state index < -0.39 is 24.2 Å². The summed E-state index contributed by atoms with van der Waals surface area (Å²) < 4.78 is 43.6. The van der Waals surface area contributed by atoms with Crippen LogP contribution in [0, 0.1) is 0 Å². The Balaban J connectivity index is 2.07. The average molecular weight is 251 g/mol. The molecule has 2 aliphatic rings. The molecule has 2 fully saturated rings. The predicted octanol–water partition coefficient (Wildman–Crippen LogP) is 2.11. The lowest BCUT2D eigenvalue weighted by molar-refractivity contribution is -0.199. The van der Waals surface area contributed by atoms with Crippen LogP contribution in [0.1, 0.15) is 32.1 Å². The van der Waals surface area contributed by atoms with E-state index in [1.807, 2.05) is 0 Å². The molecule has 2 atom stereocenters. The van der Waals surface area contributed by atoms with E-state index in [-0.39, 0.29) is 13.0 Å². The van der Waals surface area contributed by atoms with Crippen LogP contribution in [0.2, 0.25) is 0 Å². The summed E-state index contributed by atoms with van der Waals surface area (Å²) in [6.07, 6.45) is -2.50. The molecule has 0 radical (unpaired) electrons. The van der Waals surface area contributed by atoms with Crippen molar-refractivity contribution < 1.29 is 22.7 Å². The van der Waals surface area contributed by atoms with Crippen molar-refractivity contribution in [2.45, 2.75) is 50.4 Å². The highest BCUT2D eigenvalue weighted by molar-refractivity contribution is 5.81. The number of hydrogen-bond acceptors (Lipinski definition) is 2. The first-order valence-electron chi connectivity index (χ1n) is 5.99. The molecule has 6 heteroatoms. The summed E-state index contributed by atoms with van der Waals surface area (Å²) in [5, 5.41) is 0. The first kappa shape index (κ1) is 12.7. The molecule has 17 heavy (non-hydrogen) atoms. The minimum absolute atomic E-state index is 0.0158. The van der Waals surface area contributed by atoms with Crippen LogP contribution < -0.4 is 0 Å². The van der Waals surface area contributed by atoms with Gasteiger partial charge in [-0.1, -0.05) is 0 Å². The molecule has 2 saturated heterocycles. The van der Waals surface area contributed by atoms with Crippen molar-refractivity contribution in [3.8, 4) is 0 Å². The van der Waals surface area contributed by atoms with Crippen LogP contribution in [0.5, 0.6) is 0 Å². The summed E-state index contributed by atoms with van der Waals surface area (Å²) in [4.78, 5) is 12.9. The van der Waals surface area contributed by atoms with E-state index in [9.17, 15) is 18.0 Å². The Labute approximate surface area is 97.9 Å². The third-order valence-corrected chi connectivity index (χ3v) is 3.37. The zero-order chi connectivity index (χ0) is 12.5. The van der Waals surface area contributed by atoms with Gasteiger partial charge in [0.15, 0.2) is 0 Å². The Bertz CT molecular complexity index is 287. The SMILES string of the molecule is O=C(C1CCCO1)N1CCCCC1C(F)(F)F. The van der Waals surface area contributed by atoms with Crippen LogP contribution >= 0.6 is 0 Å². The van der Waals surface area contributed by atoms with Crippen LogP contribution in [0.3, 0.4) is 0 Å². The maximum Gasteiger partial charge on any atom is 0.408 e. The summed E-state index contributed by atoms with van der Waals surface area (Å²) in [5.74, 6) is -0.482. The Morgan fingerprint density at radius 1 is 1.18 bits per heavy atom. The fourth-order valence-corrected chi connectivity index (χ4v) is 2.49. The Kier molecular flexibility index (Phi) is 3.61. The highest BCUT2D eigenvalue weighted by atomic mass is 19.4. The molecule has 0 aromatic carbocycles. The molecule has 0 bridgehead atoms. The zero-order valence-electron chi connectivity index (χ0n) is 9.50. The molecule has 0 aliphatic carbocycles. The van der Waals surface area contributed by atoms with Gasteiger partial charge in [0.1, 0.15) is 12.1 Å². The second-order valence-electron chi connectivity index (χ2n) is 4.59. The van der Waals surface area contributed by atoms with Gasteiger partial charge in [0.25, 0.3) is 5.91 Å². The monoisotopic (exact) mass is 251 g/mol. The number of likely N-dealkylation sites (tertiary alicyclic amines) is 1. The number of carbonyl (C=O) groups excluding carboxylic acids is 1. The number of amides is 1. The molecule has 0 aromatic rings. The highest BCUT2D eigenvalue weighted by Crippen LogP contribution is 2.33. The summed E-state index contributed by atoms with van der Waals surface area (Å²) in [5.41, 5.74) is 0. The number of piperidine rings is 1. The second kappa shape index (κ2) is 4.84. The fraction of sp³-hybridized carbons (Fsp3) is 0.909. The van der Waals surface area contributed by atoms with E-state index in [2.05, 4.69) is 0 Å². The van der Waals surface area contributed by atoms with Crippen molar-refractivity contribution in [1.29, 1.82) is 0 Å². The van der Waals surface area contributed by atoms with Crippen molar-refractivity contribution >= 4 is 5.91 Å². The van der Waals surface area contributed by atoms with Crippen LogP contribution in [-0.2, 0) is 9.53 Å². The number of nitrogens with zero attached hydrogens (tertiary/aromatic N) is 1. The first-order chi connectivity index (χ1) is 8.00. The number of carbonyl (C=O) groups is 1. The van der Waals surface area contributed by atoms with Crippen molar-refractivity contribution in [3.05, 3.63) is 0 Å². The minimum Gasteiger partial charge on any atom is -0.368 e. The number of hydrogen-bond donors (Lipinski definition) is 0. The Hall–Kier alpha value is -0.780. The van der Waals surface area contributed by atoms with Crippen molar-refractivity contribution in [3.63, 3.8) is 0 Å². The minimum atomic E-state index is -4.32. The second-order valence-corrected chi connectivity index (χ2v) is 4.59. The van der Waals surface area contributed by atoms with Gasteiger partial charge in [-0.3, -0.25) is 4.79 Å². The summed E-state index contributed by atoms with van der Waals surface area (Å²) in [7, 11) is 0. The van der Waals surface area contributed by atoms with E-state index in [0.29, 0.717) is 25.9 Å². The molecule has 1 amide bonds. The van der Waals surface area contributed by atoms with Crippen LogP contribution in [-0.4, -0.2) is 42.3 Å². The summed E-state index contributed by atoms with van der Waals surface area (Å²) in [6, 6.07) is -1.62. The van der Waals surface area contributed by atoms with Gasteiger partial charge >= 0.3 is 6.18 Å². The van der Waals surface area contributed by atoms with Gasteiger partial charge < -0.3 is 9.64 Å². The molecule has 3 nitrogen and oxygen atoms in total. The third kappa shape index (κ3) is 2.73. The maximum atomic E-state index is 12.8. The Morgan fingerprint density at radius 2 is 1.94 bits per heavy atom. The van der Waals surface area contributed by atoms with Crippen LogP contribution in [0.25, 0.3) is 0 Å². The third-order valence-electron chi connectivity index (χ3n) is 3.37. The smallest absolute Gasteiger partial charge is 0.368 e. The largest absolute Gasteiger partial charge is 0.408 e. The predicted molar refractivity (Wildman–Crippen MR) is 54.4 cm³/mol. The number of ether oxygens (including phenoxy) is 1. The van der Waals surface area contributed by atoms with E-state index in [0.717, 1.165) is 11.3 Å². The van der Waals surface area contributed by atoms with Gasteiger partial charge in [-0.15, -0.1) is 0 Å². The lowest BCUT2D eigenvalue weighted by Gasteiger charge is -2.37. The zero-order valence-corrected chi connectivity index (χ0v) is 9.50. The quantitative estimate of drug-likeness (QED) is 0.714. The number of halogens is 3. The molecule has 0 spiro atoms. The van der Waals surface area contributed by atoms with Crippen molar-refractivity contribution in [2.75, 3.05) is 13.2 Å². The molecule has 2 aliphatic heterocycles. The van der Waals surface area contributed by atoms with Gasteiger partial charge in [-0.2, -0.15) is 13.2 Å². The molecule has 0 N–H and O–H groups in total. The van der Waals surface area contributed by atoms with Gasteiger partial charge in [0.05, 0.1) is 0 Å². The molecule has 2 heterocycles. The Morgan fingerprint density at radius 3 is 2.53 bits per heavy atom. The van der Waals surface area contributed by atoms with Crippen LogP contribution in [0.15, 0.2) is 0 Å². The molecular formula is C11H16F3NO2. The maximum absolute atomic E-state index is 12.8. The molecule has 0 aromatic heterocycles. The van der Waals surface area contributed by atoms with Gasteiger partial charge in [0, 0.05) is 13.2 Å². The standard InChI is InChI=1S/C11H16F3NO2/c12-11(13,14)9-5-1-2-6-15(9)10(16)8-4-3-7-17-8/h8-9H,1-7H2. The number of rotatable bonds is 1. The van der Waals surface area contributed by atoms with Gasteiger partial charge in [0.2, 0.25) is 0 Å². The van der Waals surface area contributed by atoms with E-state index in [1.54, 1.807) is 0 Å². The van der Waals surface area contributed by atoms with Gasteiger partial charge in [-0.05, 0) is 32.1 Å². The fourth-order valence-electron chi connectivity index (χ4n) is 2.49. The lowest BCUT2D eigenvalue weighted by atomic mass is 10.0. The highest BCUT2D eigenvalue weighted by Gasteiger charge is 2.47. The van der Waals surface area contributed by atoms with Crippen molar-refractivity contribution in [2.24, 2.45) is 0 Å². The lowest BCUT2D eigenvalue weighted by Crippen LogP contribution is -2.54. The van der Waals surface area contributed by atoms with E-state index in [1.165, 1.54) is 0 Å². The average Bonchev–Trinajstić information content (AvgIpc) is 2.80. The molecule has 98 valence electrons. The molecule has 2 unspecified atom stereocenters. The normalized spacial score (nSPS) is 30.6. The van der Waals surface area contributed by atoms with E-state index in [4.69, 9.17) is 4.74 Å². The molecule has 2 rings (SSSR count). The van der Waals surface area contributed by atoms with E-state index >= 15 is 0 Å². The first-order valence-corrected chi connectivity index (χ1v) is 5.99. The molecule has 0 saturated carbocycles. The summed E-state index contributed by atoms with van der Waals surface area (Å²) >= 11 is 0.